The summed E-state index contributed by atoms with van der Waals surface area (Å²) in [5, 5.41) is 7.57. The Morgan fingerprint density at radius 3 is 1.67 bits per heavy atom. The molecule has 46 heavy (non-hydrogen) atoms. The summed E-state index contributed by atoms with van der Waals surface area (Å²) in [7, 11) is 0. The smallest absolute Gasteiger partial charge is 0.164 e. The quantitative estimate of drug-likeness (QED) is 0.200. The van der Waals surface area contributed by atoms with Gasteiger partial charge in [-0.05, 0) is 58.6 Å². The number of nitrogens with zero attached hydrogens (tertiary/aromatic N) is 4. The summed E-state index contributed by atoms with van der Waals surface area (Å²) in [6, 6.07) is 52.2. The third-order valence-corrected chi connectivity index (χ3v) is 8.91. The van der Waals surface area contributed by atoms with Crippen molar-refractivity contribution in [3.05, 3.63) is 157 Å². The fourth-order valence-electron chi connectivity index (χ4n) is 6.54. The summed E-state index contributed by atoms with van der Waals surface area (Å²) in [6.07, 6.45) is 0. The zero-order valence-electron chi connectivity index (χ0n) is 24.6. The maximum atomic E-state index is 6.56. The van der Waals surface area contributed by atoms with Crippen LogP contribution in [0.4, 0.5) is 0 Å². The summed E-state index contributed by atoms with van der Waals surface area (Å²) >= 11 is 6.56. The molecule has 7 aromatic carbocycles. The minimum atomic E-state index is 0.635. The Hall–Kier alpha value is -5.84. The summed E-state index contributed by atoms with van der Waals surface area (Å²) < 4.78 is 2.36. The molecule has 0 bridgehead atoms. The fraction of sp³-hybridized carbons (Fsp3) is 0. The zero-order valence-corrected chi connectivity index (χ0v) is 25.4. The van der Waals surface area contributed by atoms with Crippen LogP contribution in [0.1, 0.15) is 0 Å². The van der Waals surface area contributed by atoms with Gasteiger partial charge < -0.3 is 4.57 Å². The van der Waals surface area contributed by atoms with Crippen LogP contribution in [0.2, 0.25) is 5.02 Å². The van der Waals surface area contributed by atoms with Crippen LogP contribution in [0.3, 0.4) is 0 Å². The number of rotatable bonds is 4. The largest absolute Gasteiger partial charge is 0.309 e. The minimum Gasteiger partial charge on any atom is -0.309 e. The third kappa shape index (κ3) is 4.34. The predicted molar refractivity (Wildman–Crippen MR) is 190 cm³/mol. The highest BCUT2D eigenvalue weighted by atomic mass is 35.5. The van der Waals surface area contributed by atoms with Crippen LogP contribution in [0, 0.1) is 0 Å². The van der Waals surface area contributed by atoms with E-state index in [2.05, 4.69) is 89.5 Å². The van der Waals surface area contributed by atoms with E-state index in [0.717, 1.165) is 54.6 Å². The van der Waals surface area contributed by atoms with Crippen molar-refractivity contribution in [3.63, 3.8) is 0 Å². The molecule has 2 aromatic heterocycles. The monoisotopic (exact) mass is 608 g/mol. The molecule has 0 spiro atoms. The highest BCUT2D eigenvalue weighted by Crippen LogP contribution is 2.40. The zero-order chi connectivity index (χ0) is 30.6. The Kier molecular flexibility index (Phi) is 6.15. The van der Waals surface area contributed by atoms with Crippen molar-refractivity contribution < 1.29 is 0 Å². The summed E-state index contributed by atoms with van der Waals surface area (Å²) in [5.74, 6) is 1.92. The van der Waals surface area contributed by atoms with Gasteiger partial charge in [-0.15, -0.1) is 0 Å². The van der Waals surface area contributed by atoms with Crippen LogP contribution in [0.25, 0.3) is 83.2 Å². The molecule has 0 saturated carbocycles. The number of halogens is 1. The van der Waals surface area contributed by atoms with E-state index in [4.69, 9.17) is 26.6 Å². The molecule has 2 heterocycles. The van der Waals surface area contributed by atoms with Crippen LogP contribution in [0.5, 0.6) is 0 Å². The molecule has 0 aliphatic heterocycles. The van der Waals surface area contributed by atoms with E-state index < -0.39 is 0 Å². The topological polar surface area (TPSA) is 43.6 Å². The van der Waals surface area contributed by atoms with Gasteiger partial charge in [-0.25, -0.2) is 15.0 Å². The van der Waals surface area contributed by atoms with Crippen LogP contribution in [-0.4, -0.2) is 19.5 Å². The van der Waals surface area contributed by atoms with E-state index in [-0.39, 0.29) is 0 Å². The number of aromatic nitrogens is 4. The summed E-state index contributed by atoms with van der Waals surface area (Å²) in [4.78, 5) is 15.0. The number of benzene rings is 7. The second-order valence-corrected chi connectivity index (χ2v) is 11.9. The second-order valence-electron chi connectivity index (χ2n) is 11.4. The molecule has 9 rings (SSSR count). The Bertz CT molecular complexity index is 2530. The van der Waals surface area contributed by atoms with Gasteiger partial charge >= 0.3 is 0 Å². The van der Waals surface area contributed by atoms with Gasteiger partial charge in [0.25, 0.3) is 0 Å². The number of hydrogen-bond acceptors (Lipinski definition) is 3. The van der Waals surface area contributed by atoms with Crippen molar-refractivity contribution in [1.82, 2.24) is 19.5 Å². The van der Waals surface area contributed by atoms with E-state index in [1.54, 1.807) is 0 Å². The standard InChI is InChI=1S/C41H25ClN4/c42-30-19-21-37-35(25-30)34-23-28-15-7-8-16-29(28)24-38(34)46(37)36-22-20-33(31-17-9-10-18-32(31)36)41-44-39(26-11-3-1-4-12-26)43-40(45-41)27-13-5-2-6-14-27/h1-25H. The van der Waals surface area contributed by atoms with Crippen molar-refractivity contribution in [3.8, 4) is 39.9 Å². The van der Waals surface area contributed by atoms with Gasteiger partial charge in [0.2, 0.25) is 0 Å². The predicted octanol–water partition coefficient (Wildman–Crippen LogP) is 10.9. The molecule has 0 amide bonds. The van der Waals surface area contributed by atoms with Crippen molar-refractivity contribution in [2.45, 2.75) is 0 Å². The molecule has 0 N–H and O–H groups in total. The molecule has 216 valence electrons. The van der Waals surface area contributed by atoms with E-state index in [1.165, 1.54) is 16.2 Å². The van der Waals surface area contributed by atoms with E-state index in [0.29, 0.717) is 17.5 Å². The Balaban J connectivity index is 1.32. The molecule has 5 heteroatoms. The van der Waals surface area contributed by atoms with Crippen molar-refractivity contribution in [1.29, 1.82) is 0 Å². The van der Waals surface area contributed by atoms with Gasteiger partial charge in [-0.1, -0.05) is 121 Å². The van der Waals surface area contributed by atoms with E-state index in [1.807, 2.05) is 66.7 Å². The van der Waals surface area contributed by atoms with Crippen LogP contribution in [0.15, 0.2) is 152 Å². The first-order chi connectivity index (χ1) is 22.7. The molecule has 0 unspecified atom stereocenters. The van der Waals surface area contributed by atoms with E-state index >= 15 is 0 Å². The first-order valence-electron chi connectivity index (χ1n) is 15.2. The molecule has 0 fully saturated rings. The fourth-order valence-corrected chi connectivity index (χ4v) is 6.71. The first-order valence-corrected chi connectivity index (χ1v) is 15.6. The van der Waals surface area contributed by atoms with Crippen LogP contribution < -0.4 is 0 Å². The lowest BCUT2D eigenvalue weighted by Gasteiger charge is -2.15. The lowest BCUT2D eigenvalue weighted by atomic mass is 10.0. The maximum Gasteiger partial charge on any atom is 0.164 e. The highest BCUT2D eigenvalue weighted by molar-refractivity contribution is 6.32. The maximum absolute atomic E-state index is 6.56. The SMILES string of the molecule is Clc1ccc2c(c1)c1cc3ccccc3cc1n2-c1ccc(-c2nc(-c3ccccc3)nc(-c3ccccc3)n2)c2ccccc12. The lowest BCUT2D eigenvalue weighted by Crippen LogP contribution is -2.01. The molecule has 4 nitrogen and oxygen atoms in total. The van der Waals surface area contributed by atoms with Gasteiger partial charge in [0.1, 0.15) is 0 Å². The Morgan fingerprint density at radius 2 is 0.978 bits per heavy atom. The van der Waals surface area contributed by atoms with Gasteiger partial charge in [0, 0.05) is 37.9 Å². The Morgan fingerprint density at radius 1 is 0.413 bits per heavy atom. The molecule has 0 radical (unpaired) electrons. The first kappa shape index (κ1) is 26.6. The molecule has 9 aromatic rings. The second kappa shape index (κ2) is 10.7. The molecule has 0 aliphatic carbocycles. The number of fused-ring (bicyclic) bond motifs is 5. The number of hydrogen-bond donors (Lipinski definition) is 0. The van der Waals surface area contributed by atoms with Crippen molar-refractivity contribution in [2.75, 3.05) is 0 Å². The van der Waals surface area contributed by atoms with Crippen molar-refractivity contribution >= 4 is 55.0 Å². The van der Waals surface area contributed by atoms with Crippen LogP contribution in [-0.2, 0) is 0 Å². The summed E-state index contributed by atoms with van der Waals surface area (Å²) in [6.45, 7) is 0. The van der Waals surface area contributed by atoms with Gasteiger partial charge in [-0.3, -0.25) is 0 Å². The average Bonchev–Trinajstić information content (AvgIpc) is 3.42. The van der Waals surface area contributed by atoms with Crippen molar-refractivity contribution in [2.24, 2.45) is 0 Å². The average molecular weight is 609 g/mol. The molecular formula is C41H25ClN4. The Labute approximate surface area is 270 Å². The highest BCUT2D eigenvalue weighted by Gasteiger charge is 2.19. The van der Waals surface area contributed by atoms with Gasteiger partial charge in [0.05, 0.1) is 16.7 Å². The van der Waals surface area contributed by atoms with Crippen LogP contribution >= 0.6 is 11.6 Å². The lowest BCUT2D eigenvalue weighted by molar-refractivity contribution is 1.08. The van der Waals surface area contributed by atoms with E-state index in [9.17, 15) is 0 Å². The van der Waals surface area contributed by atoms with Gasteiger partial charge in [0.15, 0.2) is 17.5 Å². The minimum absolute atomic E-state index is 0.635. The third-order valence-electron chi connectivity index (χ3n) is 8.68. The molecule has 0 atom stereocenters. The molecule has 0 aliphatic rings. The normalized spacial score (nSPS) is 11.6. The molecular weight excluding hydrogens is 584 g/mol. The van der Waals surface area contributed by atoms with Gasteiger partial charge in [-0.2, -0.15) is 0 Å². The molecule has 0 saturated heterocycles. The summed E-state index contributed by atoms with van der Waals surface area (Å²) in [5.41, 5.74) is 6.15.